The second-order valence-electron chi connectivity index (χ2n) is 8.00. The highest BCUT2D eigenvalue weighted by atomic mass is 19.3. The van der Waals surface area contributed by atoms with Crippen molar-refractivity contribution in [3.8, 4) is 11.4 Å². The Hall–Kier alpha value is -3.31. The third-order valence-corrected chi connectivity index (χ3v) is 5.91. The van der Waals surface area contributed by atoms with Crippen LogP contribution in [-0.4, -0.2) is 77.2 Å². The normalized spacial score (nSPS) is 17.3. The molecule has 1 N–H and O–H groups in total. The molecule has 9 nitrogen and oxygen atoms in total. The molecule has 0 radical (unpaired) electrons. The van der Waals surface area contributed by atoms with Gasteiger partial charge in [0.15, 0.2) is 0 Å². The van der Waals surface area contributed by atoms with Gasteiger partial charge in [-0.3, -0.25) is 4.90 Å². The maximum atomic E-state index is 13.0. The van der Waals surface area contributed by atoms with Gasteiger partial charge in [0.2, 0.25) is 5.95 Å². The fraction of sp³-hybridized carbons (Fsp3) is 0.409. The molecule has 3 aromatic rings. The van der Waals surface area contributed by atoms with Crippen molar-refractivity contribution in [3.63, 3.8) is 0 Å². The van der Waals surface area contributed by atoms with Crippen LogP contribution < -0.4 is 15.0 Å². The van der Waals surface area contributed by atoms with E-state index in [0.717, 1.165) is 45.2 Å². The summed E-state index contributed by atoms with van der Waals surface area (Å²) in [6.07, 6.45) is -1.08. The lowest BCUT2D eigenvalue weighted by atomic mass is 10.2. The number of hydrogen-bond acceptors (Lipinski definition) is 8. The molecule has 1 aromatic carbocycles. The van der Waals surface area contributed by atoms with E-state index in [-0.39, 0.29) is 5.56 Å². The van der Waals surface area contributed by atoms with Crippen molar-refractivity contribution in [2.75, 3.05) is 56.7 Å². The summed E-state index contributed by atoms with van der Waals surface area (Å²) in [7, 11) is 1.61. The highest BCUT2D eigenvalue weighted by Gasteiger charge is 2.29. The van der Waals surface area contributed by atoms with Gasteiger partial charge in [0.25, 0.3) is 6.43 Å². The molecule has 2 fully saturated rings. The lowest BCUT2D eigenvalue weighted by Crippen LogP contribution is -2.56. The Labute approximate surface area is 189 Å². The van der Waals surface area contributed by atoms with Crippen LogP contribution in [0.3, 0.4) is 0 Å². The molecule has 11 heteroatoms. The van der Waals surface area contributed by atoms with Crippen molar-refractivity contribution >= 4 is 17.6 Å². The minimum Gasteiger partial charge on any atom is -0.496 e. The number of hydrogen-bond donors (Lipinski definition) is 1. The predicted octanol–water partition coefficient (Wildman–Crippen LogP) is 2.87. The molecular formula is C22H25F2N7O2. The van der Waals surface area contributed by atoms with Gasteiger partial charge in [-0.15, -0.1) is 5.10 Å². The fourth-order valence-corrected chi connectivity index (χ4v) is 3.95. The van der Waals surface area contributed by atoms with Gasteiger partial charge >= 0.3 is 0 Å². The van der Waals surface area contributed by atoms with Gasteiger partial charge in [-0.05, 0) is 12.1 Å². The number of nitrogens with zero attached hydrogens (tertiary/aromatic N) is 6. The van der Waals surface area contributed by atoms with E-state index in [1.807, 2.05) is 6.07 Å². The molecular weight excluding hydrogens is 432 g/mol. The molecule has 5 rings (SSSR count). The van der Waals surface area contributed by atoms with Gasteiger partial charge in [0.05, 0.1) is 32.1 Å². The number of benzene rings is 1. The molecule has 2 aromatic heterocycles. The zero-order valence-electron chi connectivity index (χ0n) is 18.2. The van der Waals surface area contributed by atoms with Crippen LogP contribution in [0.1, 0.15) is 12.0 Å². The van der Waals surface area contributed by atoms with Gasteiger partial charge < -0.3 is 19.7 Å². The number of rotatable bonds is 7. The van der Waals surface area contributed by atoms with E-state index in [0.29, 0.717) is 29.2 Å². The molecule has 2 saturated heterocycles. The van der Waals surface area contributed by atoms with Crippen LogP contribution in [0.15, 0.2) is 42.7 Å². The molecule has 2 aliphatic heterocycles. The second-order valence-corrected chi connectivity index (χ2v) is 8.00. The Morgan fingerprint density at radius 2 is 1.94 bits per heavy atom. The molecule has 0 unspecified atom stereocenters. The van der Waals surface area contributed by atoms with Crippen molar-refractivity contribution in [2.24, 2.45) is 0 Å². The van der Waals surface area contributed by atoms with Crippen LogP contribution in [0.4, 0.5) is 26.4 Å². The summed E-state index contributed by atoms with van der Waals surface area (Å²) in [6.45, 7) is 5.28. The smallest absolute Gasteiger partial charge is 0.263 e. The largest absolute Gasteiger partial charge is 0.496 e. The molecule has 0 saturated carbocycles. The second kappa shape index (κ2) is 9.28. The number of halogens is 2. The van der Waals surface area contributed by atoms with E-state index in [1.54, 1.807) is 25.3 Å². The van der Waals surface area contributed by atoms with Crippen LogP contribution in [-0.2, 0) is 4.74 Å². The Morgan fingerprint density at radius 1 is 1.12 bits per heavy atom. The Balaban J connectivity index is 1.30. The van der Waals surface area contributed by atoms with E-state index >= 15 is 0 Å². The third-order valence-electron chi connectivity index (χ3n) is 5.91. The third kappa shape index (κ3) is 4.74. The zero-order chi connectivity index (χ0) is 22.8. The number of alkyl halides is 2. The first kappa shape index (κ1) is 21.5. The minimum absolute atomic E-state index is 0.0680. The fourth-order valence-electron chi connectivity index (χ4n) is 3.95. The molecule has 0 bridgehead atoms. The van der Waals surface area contributed by atoms with Crippen LogP contribution in [0.5, 0.6) is 5.75 Å². The van der Waals surface area contributed by atoms with E-state index in [2.05, 4.69) is 25.2 Å². The highest BCUT2D eigenvalue weighted by molar-refractivity contribution is 5.57. The average molecular weight is 457 g/mol. The Kier molecular flexibility index (Phi) is 6.05. The van der Waals surface area contributed by atoms with Gasteiger partial charge in [-0.1, -0.05) is 12.1 Å². The van der Waals surface area contributed by atoms with Gasteiger partial charge in [0.1, 0.15) is 23.7 Å². The molecule has 2 aliphatic rings. The zero-order valence-corrected chi connectivity index (χ0v) is 18.2. The Bertz CT molecular complexity index is 1100. The number of piperazine rings is 1. The van der Waals surface area contributed by atoms with Crippen molar-refractivity contribution in [1.29, 1.82) is 0 Å². The van der Waals surface area contributed by atoms with Crippen LogP contribution >= 0.6 is 0 Å². The standard InChI is InChI=1S/C22H25F2N7O2/c1-32-18-10-19(26-20(11-18)30-7-5-29(6-8-30)17-12-33-13-17)27-22-25-14-31(28-22)16-4-2-3-15(9-16)21(23)24/h2-4,9-11,14,17,21H,5-8,12-13H2,1H3,(H,26,27,28). The minimum atomic E-state index is -2.55. The monoisotopic (exact) mass is 457 g/mol. The van der Waals surface area contributed by atoms with E-state index in [1.165, 1.54) is 23.1 Å². The van der Waals surface area contributed by atoms with Crippen molar-refractivity contribution in [1.82, 2.24) is 24.6 Å². The van der Waals surface area contributed by atoms with Crippen molar-refractivity contribution < 1.29 is 18.3 Å². The number of ether oxygens (including phenoxy) is 2. The number of aromatic nitrogens is 4. The maximum absolute atomic E-state index is 13.0. The lowest BCUT2D eigenvalue weighted by Gasteiger charge is -2.42. The molecule has 0 amide bonds. The summed E-state index contributed by atoms with van der Waals surface area (Å²) in [5.74, 6) is 2.32. The first-order chi connectivity index (χ1) is 16.1. The topological polar surface area (TPSA) is 80.6 Å². The quantitative estimate of drug-likeness (QED) is 0.580. The van der Waals surface area contributed by atoms with Gasteiger partial charge in [-0.2, -0.15) is 4.98 Å². The average Bonchev–Trinajstić information content (AvgIpc) is 3.27. The highest BCUT2D eigenvalue weighted by Crippen LogP contribution is 2.27. The Morgan fingerprint density at radius 3 is 2.64 bits per heavy atom. The summed E-state index contributed by atoms with van der Waals surface area (Å²) >= 11 is 0. The lowest BCUT2D eigenvalue weighted by molar-refractivity contribution is -0.0660. The molecule has 174 valence electrons. The van der Waals surface area contributed by atoms with Crippen molar-refractivity contribution in [3.05, 3.63) is 48.3 Å². The van der Waals surface area contributed by atoms with E-state index < -0.39 is 6.43 Å². The van der Waals surface area contributed by atoms with Crippen molar-refractivity contribution in [2.45, 2.75) is 12.5 Å². The molecule has 4 heterocycles. The van der Waals surface area contributed by atoms with E-state index in [4.69, 9.17) is 14.5 Å². The molecule has 0 atom stereocenters. The van der Waals surface area contributed by atoms with Gasteiger partial charge in [0, 0.05) is 43.9 Å². The van der Waals surface area contributed by atoms with Gasteiger partial charge in [-0.25, -0.2) is 18.4 Å². The van der Waals surface area contributed by atoms with Crippen LogP contribution in [0, 0.1) is 0 Å². The summed E-state index contributed by atoms with van der Waals surface area (Å²) < 4.78 is 38.2. The summed E-state index contributed by atoms with van der Waals surface area (Å²) in [5.41, 5.74) is 0.434. The SMILES string of the molecule is COc1cc(Nc2ncn(-c3cccc(C(F)F)c3)n2)nc(N2CCN(C3COC3)CC2)c1. The number of nitrogens with one attached hydrogen (secondary N) is 1. The number of methoxy groups -OCH3 is 1. The first-order valence-electron chi connectivity index (χ1n) is 10.8. The molecule has 0 spiro atoms. The maximum Gasteiger partial charge on any atom is 0.263 e. The number of anilines is 3. The van der Waals surface area contributed by atoms with Crippen LogP contribution in [0.2, 0.25) is 0 Å². The van der Waals surface area contributed by atoms with E-state index in [9.17, 15) is 8.78 Å². The molecule has 0 aliphatic carbocycles. The number of pyridine rings is 1. The summed E-state index contributed by atoms with van der Waals surface area (Å²) in [5, 5.41) is 7.45. The summed E-state index contributed by atoms with van der Waals surface area (Å²) in [6, 6.07) is 10.2. The first-order valence-corrected chi connectivity index (χ1v) is 10.8. The summed E-state index contributed by atoms with van der Waals surface area (Å²) in [4.78, 5) is 13.7. The van der Waals surface area contributed by atoms with Crippen LogP contribution in [0.25, 0.3) is 5.69 Å². The predicted molar refractivity (Wildman–Crippen MR) is 119 cm³/mol. The molecule has 33 heavy (non-hydrogen) atoms.